The third-order valence-corrected chi connectivity index (χ3v) is 5.98. The Labute approximate surface area is 199 Å². The second kappa shape index (κ2) is 8.43. The predicted molar refractivity (Wildman–Crippen MR) is 129 cm³/mol. The van der Waals surface area contributed by atoms with E-state index in [1.54, 1.807) is 6.92 Å². The molecule has 0 radical (unpaired) electrons. The van der Waals surface area contributed by atoms with Crippen LogP contribution in [-0.2, 0) is 0 Å². The molecule has 176 valence electrons. The topological polar surface area (TPSA) is 92.3 Å². The highest BCUT2D eigenvalue weighted by molar-refractivity contribution is 5.88. The first-order chi connectivity index (χ1) is 16.7. The maximum Gasteiger partial charge on any atom is 0.412 e. The number of fused-ring (bicyclic) bond motifs is 1. The lowest BCUT2D eigenvalue weighted by atomic mass is 9.99. The third kappa shape index (κ3) is 3.84. The van der Waals surface area contributed by atoms with Gasteiger partial charge >= 0.3 is 11.6 Å². The van der Waals surface area contributed by atoms with Gasteiger partial charge in [0.25, 0.3) is 0 Å². The summed E-state index contributed by atoms with van der Waals surface area (Å²) in [4.78, 5) is 21.1. The van der Waals surface area contributed by atoms with Crippen molar-refractivity contribution < 1.29 is 13.8 Å². The standard InChI is InChI=1S/C26H22F2N6O/c1-14-11-18(12-15(2)30-14)22-23(17-7-5-4-6-8-17)31-25(29)33-24(22)32-34(26(33)35)16(3)20-13-19(27)9-10-21(20)28/h4-13,16H,1-3H3,(H2,29,31)/p+1. The van der Waals surface area contributed by atoms with Gasteiger partial charge in [-0.15, -0.1) is 9.50 Å². The van der Waals surface area contributed by atoms with Crippen LogP contribution in [0, 0.1) is 25.5 Å². The molecule has 0 aliphatic heterocycles. The van der Waals surface area contributed by atoms with E-state index in [1.807, 2.05) is 56.3 Å². The number of aryl methyl sites for hydroxylation is 2. The molecule has 9 heteroatoms. The first-order valence-electron chi connectivity index (χ1n) is 11.1. The van der Waals surface area contributed by atoms with Crippen LogP contribution in [0.3, 0.4) is 0 Å². The summed E-state index contributed by atoms with van der Waals surface area (Å²) in [5, 5.41) is 4.60. The van der Waals surface area contributed by atoms with E-state index in [0.29, 0.717) is 16.9 Å². The Morgan fingerprint density at radius 2 is 1.66 bits per heavy atom. The maximum atomic E-state index is 14.5. The minimum absolute atomic E-state index is 0.0125. The number of nitrogens with zero attached hydrogens (tertiary/aromatic N) is 4. The minimum Gasteiger partial charge on any atom is -0.290 e. The number of hydrogen-bond donors (Lipinski definition) is 1. The van der Waals surface area contributed by atoms with Crippen molar-refractivity contribution in [3.05, 3.63) is 99.7 Å². The molecule has 0 bridgehead atoms. The number of anilines is 1. The molecule has 3 N–H and O–H groups in total. The average molecular weight is 474 g/mol. The zero-order valence-corrected chi connectivity index (χ0v) is 19.4. The summed E-state index contributed by atoms with van der Waals surface area (Å²) in [5.41, 5.74) is 10.6. The number of H-pyrrole nitrogens is 1. The highest BCUT2D eigenvalue weighted by Gasteiger charge is 2.28. The smallest absolute Gasteiger partial charge is 0.290 e. The van der Waals surface area contributed by atoms with Gasteiger partial charge in [-0.05, 0) is 56.7 Å². The summed E-state index contributed by atoms with van der Waals surface area (Å²) < 4.78 is 30.8. The summed E-state index contributed by atoms with van der Waals surface area (Å²) in [5.74, 6) is -1.17. The van der Waals surface area contributed by atoms with E-state index in [9.17, 15) is 13.6 Å². The fourth-order valence-corrected chi connectivity index (χ4v) is 4.41. The monoisotopic (exact) mass is 473 g/mol. The average Bonchev–Trinajstić information content (AvgIpc) is 3.17. The minimum atomic E-state index is -0.883. The van der Waals surface area contributed by atoms with Crippen molar-refractivity contribution in [1.29, 1.82) is 0 Å². The van der Waals surface area contributed by atoms with Crippen molar-refractivity contribution in [3.8, 4) is 22.4 Å². The zero-order chi connectivity index (χ0) is 24.9. The van der Waals surface area contributed by atoms with Crippen molar-refractivity contribution in [3.63, 3.8) is 0 Å². The van der Waals surface area contributed by atoms with Crippen molar-refractivity contribution in [2.75, 3.05) is 5.73 Å². The number of benzene rings is 2. The van der Waals surface area contributed by atoms with E-state index in [2.05, 4.69) is 15.1 Å². The normalized spacial score (nSPS) is 12.3. The number of nitrogens with two attached hydrogens (primary N) is 1. The number of pyridine rings is 1. The first kappa shape index (κ1) is 22.4. The van der Waals surface area contributed by atoms with Gasteiger partial charge in [0.05, 0.1) is 11.6 Å². The third-order valence-electron chi connectivity index (χ3n) is 5.98. The van der Waals surface area contributed by atoms with Crippen LogP contribution in [-0.4, -0.2) is 19.2 Å². The highest BCUT2D eigenvalue weighted by atomic mass is 19.1. The van der Waals surface area contributed by atoms with Crippen LogP contribution in [0.4, 0.5) is 14.7 Å². The molecular formula is C26H23F2N6O+. The maximum absolute atomic E-state index is 14.5. The molecular weight excluding hydrogens is 450 g/mol. The van der Waals surface area contributed by atoms with E-state index in [1.165, 1.54) is 4.40 Å². The summed E-state index contributed by atoms with van der Waals surface area (Å²) >= 11 is 0. The van der Waals surface area contributed by atoms with E-state index in [4.69, 9.17) is 5.73 Å². The fraction of sp³-hybridized carbons (Fsp3) is 0.154. The second-order valence-corrected chi connectivity index (χ2v) is 8.49. The molecule has 0 saturated heterocycles. The summed E-state index contributed by atoms with van der Waals surface area (Å²) in [6, 6.07) is 15.6. The molecule has 3 heterocycles. The molecule has 5 rings (SSSR count). The van der Waals surface area contributed by atoms with Crippen LogP contribution in [0.25, 0.3) is 28.0 Å². The van der Waals surface area contributed by atoms with E-state index in [0.717, 1.165) is 45.4 Å². The van der Waals surface area contributed by atoms with E-state index >= 15 is 0 Å². The Bertz CT molecular complexity index is 1620. The molecule has 1 atom stereocenters. The summed E-state index contributed by atoms with van der Waals surface area (Å²) in [6.45, 7) is 5.36. The summed E-state index contributed by atoms with van der Waals surface area (Å²) in [6.07, 6.45) is 0. The lowest BCUT2D eigenvalue weighted by molar-refractivity contribution is -0.351. The van der Waals surface area contributed by atoms with Crippen LogP contribution < -0.4 is 16.4 Å². The van der Waals surface area contributed by atoms with Crippen molar-refractivity contribution >= 4 is 11.6 Å². The molecule has 0 saturated carbocycles. The molecule has 0 aliphatic carbocycles. The van der Waals surface area contributed by atoms with Gasteiger partial charge in [-0.1, -0.05) is 30.3 Å². The van der Waals surface area contributed by atoms with Crippen LogP contribution in [0.5, 0.6) is 0 Å². The molecule has 0 amide bonds. The number of nitrogens with one attached hydrogen (secondary N) is 1. The molecule has 7 nitrogen and oxygen atoms in total. The number of rotatable bonds is 4. The molecule has 0 aliphatic rings. The van der Waals surface area contributed by atoms with Gasteiger partial charge in [-0.25, -0.2) is 18.6 Å². The van der Waals surface area contributed by atoms with Gasteiger partial charge in [-0.2, -0.15) is 4.68 Å². The van der Waals surface area contributed by atoms with Gasteiger partial charge in [0.15, 0.2) is 0 Å². The Balaban J connectivity index is 1.86. The lowest BCUT2D eigenvalue weighted by Gasteiger charge is -2.11. The Morgan fingerprint density at radius 3 is 2.34 bits per heavy atom. The molecule has 3 aromatic heterocycles. The SMILES string of the molecule is Cc1cc(-c2c(-c3ccccc3)[nH+]c(N)n3c(=O)n(C(C)c4cc(F)ccc4F)nc23)cc(C)n1. The Kier molecular flexibility index (Phi) is 5.39. The molecule has 5 aromatic rings. The second-order valence-electron chi connectivity index (χ2n) is 8.49. The van der Waals surface area contributed by atoms with Crippen LogP contribution in [0.2, 0.25) is 0 Å². The van der Waals surface area contributed by atoms with Gasteiger partial charge in [0.1, 0.15) is 17.3 Å². The zero-order valence-electron chi connectivity index (χ0n) is 19.4. The van der Waals surface area contributed by atoms with E-state index < -0.39 is 23.4 Å². The van der Waals surface area contributed by atoms with Gasteiger partial charge in [0, 0.05) is 22.5 Å². The molecule has 2 aromatic carbocycles. The van der Waals surface area contributed by atoms with Crippen LogP contribution in [0.15, 0.2) is 65.5 Å². The van der Waals surface area contributed by atoms with Crippen molar-refractivity contribution in [2.45, 2.75) is 26.8 Å². The van der Waals surface area contributed by atoms with E-state index in [-0.39, 0.29) is 11.5 Å². The molecule has 0 fully saturated rings. The predicted octanol–water partition coefficient (Wildman–Crippen LogP) is 4.13. The van der Waals surface area contributed by atoms with Crippen molar-refractivity contribution in [2.24, 2.45) is 0 Å². The number of aromatic nitrogens is 5. The van der Waals surface area contributed by atoms with Gasteiger partial charge in [0.2, 0.25) is 5.65 Å². The van der Waals surface area contributed by atoms with Crippen molar-refractivity contribution in [1.82, 2.24) is 19.2 Å². The van der Waals surface area contributed by atoms with Crippen LogP contribution in [0.1, 0.15) is 29.9 Å². The number of hydrogen-bond acceptors (Lipinski definition) is 4. The quantitative estimate of drug-likeness (QED) is 0.425. The van der Waals surface area contributed by atoms with Gasteiger partial charge < -0.3 is 0 Å². The fourth-order valence-electron chi connectivity index (χ4n) is 4.41. The summed E-state index contributed by atoms with van der Waals surface area (Å²) in [7, 11) is 0. The number of nitrogen functional groups attached to an aromatic ring is 1. The first-order valence-corrected chi connectivity index (χ1v) is 11.1. The lowest BCUT2D eigenvalue weighted by Crippen LogP contribution is -2.29. The highest BCUT2D eigenvalue weighted by Crippen LogP contribution is 2.33. The molecule has 1 unspecified atom stereocenters. The van der Waals surface area contributed by atoms with Gasteiger partial charge in [-0.3, -0.25) is 10.7 Å². The largest absolute Gasteiger partial charge is 0.412 e. The molecule has 0 spiro atoms. The number of halogens is 2. The van der Waals surface area contributed by atoms with Crippen LogP contribution >= 0.6 is 0 Å². The Morgan fingerprint density at radius 1 is 0.971 bits per heavy atom. The number of aromatic amines is 1. The Hall–Kier alpha value is -4.40. The molecule has 35 heavy (non-hydrogen) atoms.